The summed E-state index contributed by atoms with van der Waals surface area (Å²) in [5.41, 5.74) is 11.2. The van der Waals surface area contributed by atoms with E-state index in [1.165, 1.54) is 43.2 Å². The molecular formula is C41H27N3S. The summed E-state index contributed by atoms with van der Waals surface area (Å²) in [6, 6.07) is 51.8. The van der Waals surface area contributed by atoms with Gasteiger partial charge < -0.3 is 4.57 Å². The molecule has 9 rings (SSSR count). The van der Waals surface area contributed by atoms with Gasteiger partial charge in [0.05, 0.1) is 26.9 Å². The van der Waals surface area contributed by atoms with Crippen molar-refractivity contribution in [1.29, 1.82) is 0 Å². The second-order valence-corrected chi connectivity index (χ2v) is 12.5. The maximum atomic E-state index is 5.22. The monoisotopic (exact) mass is 593 g/mol. The molecule has 0 aliphatic heterocycles. The number of aromatic nitrogens is 3. The minimum absolute atomic E-state index is 0.753. The van der Waals surface area contributed by atoms with Crippen molar-refractivity contribution in [2.75, 3.05) is 0 Å². The molecule has 0 bridgehead atoms. The van der Waals surface area contributed by atoms with Gasteiger partial charge >= 0.3 is 0 Å². The zero-order chi connectivity index (χ0) is 29.9. The lowest BCUT2D eigenvalue weighted by atomic mass is 10.0. The van der Waals surface area contributed by atoms with Crippen LogP contribution in [-0.2, 0) is 0 Å². The number of nitrogens with zero attached hydrogens (tertiary/aromatic N) is 3. The van der Waals surface area contributed by atoms with Gasteiger partial charge in [0.1, 0.15) is 0 Å². The van der Waals surface area contributed by atoms with Gasteiger partial charge in [-0.1, -0.05) is 121 Å². The molecule has 3 nitrogen and oxygen atoms in total. The average molecular weight is 594 g/mol. The van der Waals surface area contributed by atoms with Gasteiger partial charge in [-0.25, -0.2) is 9.97 Å². The Morgan fingerprint density at radius 2 is 1.16 bits per heavy atom. The first-order chi connectivity index (χ1) is 22.2. The van der Waals surface area contributed by atoms with Crippen LogP contribution in [0.1, 0.15) is 5.56 Å². The van der Waals surface area contributed by atoms with Crippen molar-refractivity contribution >= 4 is 53.4 Å². The molecule has 3 heterocycles. The molecule has 0 saturated heterocycles. The average Bonchev–Trinajstić information content (AvgIpc) is 3.64. The third-order valence-electron chi connectivity index (χ3n) is 8.66. The third-order valence-corrected chi connectivity index (χ3v) is 9.89. The molecule has 0 radical (unpaired) electrons. The van der Waals surface area contributed by atoms with Crippen LogP contribution in [0, 0.1) is 6.92 Å². The van der Waals surface area contributed by atoms with Gasteiger partial charge in [-0.2, -0.15) is 0 Å². The summed E-state index contributed by atoms with van der Waals surface area (Å²) in [7, 11) is 0. The largest absolute Gasteiger partial charge is 0.309 e. The summed E-state index contributed by atoms with van der Waals surface area (Å²) >= 11 is 1.79. The van der Waals surface area contributed by atoms with E-state index in [0.29, 0.717) is 0 Å². The van der Waals surface area contributed by atoms with Crippen molar-refractivity contribution in [3.63, 3.8) is 0 Å². The van der Waals surface area contributed by atoms with E-state index in [2.05, 4.69) is 157 Å². The molecule has 0 fully saturated rings. The number of rotatable bonds is 4. The van der Waals surface area contributed by atoms with Gasteiger partial charge in [-0.05, 0) is 48.4 Å². The molecule has 0 aliphatic rings. The molecule has 0 unspecified atom stereocenters. The number of hydrogen-bond donors (Lipinski definition) is 0. The van der Waals surface area contributed by atoms with Gasteiger partial charge in [0.15, 0.2) is 5.82 Å². The van der Waals surface area contributed by atoms with E-state index in [0.717, 1.165) is 43.9 Å². The minimum atomic E-state index is 0.753. The van der Waals surface area contributed by atoms with Crippen LogP contribution in [0.15, 0.2) is 146 Å². The Balaban J connectivity index is 1.28. The van der Waals surface area contributed by atoms with Crippen molar-refractivity contribution in [3.05, 3.63) is 151 Å². The molecule has 6 aromatic carbocycles. The van der Waals surface area contributed by atoms with E-state index in [1.807, 2.05) is 0 Å². The smallest absolute Gasteiger partial charge is 0.160 e. The fourth-order valence-electron chi connectivity index (χ4n) is 6.61. The number of hydrogen-bond acceptors (Lipinski definition) is 3. The Labute approximate surface area is 264 Å². The van der Waals surface area contributed by atoms with Crippen LogP contribution in [0.2, 0.25) is 0 Å². The molecule has 0 atom stereocenters. The van der Waals surface area contributed by atoms with Gasteiger partial charge in [0.2, 0.25) is 0 Å². The Hall–Kier alpha value is -5.58. The normalized spacial score (nSPS) is 11.7. The molecule has 212 valence electrons. The quantitative estimate of drug-likeness (QED) is 0.203. The van der Waals surface area contributed by atoms with Crippen LogP contribution < -0.4 is 0 Å². The van der Waals surface area contributed by atoms with E-state index < -0.39 is 0 Å². The highest BCUT2D eigenvalue weighted by molar-refractivity contribution is 7.26. The first-order valence-corrected chi connectivity index (χ1v) is 16.0. The second-order valence-electron chi connectivity index (χ2n) is 11.5. The molecule has 3 aromatic heterocycles. The lowest BCUT2D eigenvalue weighted by Crippen LogP contribution is -1.94. The van der Waals surface area contributed by atoms with Crippen molar-refractivity contribution in [1.82, 2.24) is 14.5 Å². The zero-order valence-corrected chi connectivity index (χ0v) is 25.4. The number of para-hydroxylation sites is 2. The first kappa shape index (κ1) is 25.9. The number of aryl methyl sites for hydroxylation is 1. The standard InChI is InChI=1S/C41H27N3S/c1-26-12-9-16-29(24-26)41-42-37(27-13-3-2-4-14-27)40-38(43-41)34-21-11-20-31(39(34)45-40)28-15-10-17-30(25-28)44-35-22-7-5-18-32(35)33-19-6-8-23-36(33)44/h2-25H,1H3. The lowest BCUT2D eigenvalue weighted by molar-refractivity contribution is 1.18. The zero-order valence-electron chi connectivity index (χ0n) is 24.6. The van der Waals surface area contributed by atoms with E-state index >= 15 is 0 Å². The fourth-order valence-corrected chi connectivity index (χ4v) is 7.90. The number of thiophene rings is 1. The fraction of sp³-hybridized carbons (Fsp3) is 0.0244. The Bertz CT molecular complexity index is 2500. The van der Waals surface area contributed by atoms with Crippen LogP contribution >= 0.6 is 11.3 Å². The summed E-state index contributed by atoms with van der Waals surface area (Å²) in [4.78, 5) is 10.4. The highest BCUT2D eigenvalue weighted by atomic mass is 32.1. The Kier molecular flexibility index (Phi) is 5.90. The predicted octanol–water partition coefficient (Wildman–Crippen LogP) is 11.3. The van der Waals surface area contributed by atoms with Crippen LogP contribution in [0.4, 0.5) is 0 Å². The van der Waals surface area contributed by atoms with Gasteiger partial charge in [0.25, 0.3) is 0 Å². The molecule has 0 spiro atoms. The lowest BCUT2D eigenvalue weighted by Gasteiger charge is -2.11. The van der Waals surface area contributed by atoms with Crippen molar-refractivity contribution in [3.8, 4) is 39.5 Å². The highest BCUT2D eigenvalue weighted by Crippen LogP contribution is 2.44. The number of benzene rings is 6. The third kappa shape index (κ3) is 4.18. The first-order valence-electron chi connectivity index (χ1n) is 15.2. The number of fused-ring (bicyclic) bond motifs is 6. The SMILES string of the molecule is Cc1cccc(-c2nc(-c3ccccc3)c3sc4c(-c5cccc(-n6c7ccccc7c7ccccc76)c5)cccc4c3n2)c1. The molecule has 0 N–H and O–H groups in total. The summed E-state index contributed by atoms with van der Waals surface area (Å²) in [6.45, 7) is 2.11. The highest BCUT2D eigenvalue weighted by Gasteiger charge is 2.19. The summed E-state index contributed by atoms with van der Waals surface area (Å²) in [5, 5.41) is 3.69. The van der Waals surface area contributed by atoms with Crippen LogP contribution in [0.5, 0.6) is 0 Å². The van der Waals surface area contributed by atoms with E-state index in [4.69, 9.17) is 9.97 Å². The van der Waals surface area contributed by atoms with Crippen molar-refractivity contribution in [2.45, 2.75) is 6.92 Å². The van der Waals surface area contributed by atoms with Crippen LogP contribution in [-0.4, -0.2) is 14.5 Å². The Morgan fingerprint density at radius 3 is 1.93 bits per heavy atom. The van der Waals surface area contributed by atoms with Gasteiger partial charge in [-0.3, -0.25) is 0 Å². The van der Waals surface area contributed by atoms with E-state index in [1.54, 1.807) is 11.3 Å². The van der Waals surface area contributed by atoms with E-state index in [9.17, 15) is 0 Å². The molecule has 0 saturated carbocycles. The molecule has 9 aromatic rings. The van der Waals surface area contributed by atoms with E-state index in [-0.39, 0.29) is 0 Å². The Morgan fingerprint density at radius 1 is 0.511 bits per heavy atom. The predicted molar refractivity (Wildman–Crippen MR) is 190 cm³/mol. The minimum Gasteiger partial charge on any atom is -0.309 e. The topological polar surface area (TPSA) is 30.7 Å². The maximum absolute atomic E-state index is 5.22. The van der Waals surface area contributed by atoms with Crippen LogP contribution in [0.25, 0.3) is 81.6 Å². The van der Waals surface area contributed by atoms with Gasteiger partial charge in [-0.15, -0.1) is 11.3 Å². The van der Waals surface area contributed by atoms with Crippen molar-refractivity contribution < 1.29 is 0 Å². The second kappa shape index (κ2) is 10.3. The molecule has 45 heavy (non-hydrogen) atoms. The molecule has 0 amide bonds. The summed E-state index contributed by atoms with van der Waals surface area (Å²) in [6.07, 6.45) is 0. The summed E-state index contributed by atoms with van der Waals surface area (Å²) < 4.78 is 4.71. The molecular weight excluding hydrogens is 567 g/mol. The van der Waals surface area contributed by atoms with Crippen molar-refractivity contribution in [2.24, 2.45) is 0 Å². The molecule has 4 heteroatoms. The van der Waals surface area contributed by atoms with Gasteiger partial charge in [0, 0.05) is 37.7 Å². The summed E-state index contributed by atoms with van der Waals surface area (Å²) in [5.74, 6) is 0.753. The molecule has 0 aliphatic carbocycles. The van der Waals surface area contributed by atoms with Crippen LogP contribution in [0.3, 0.4) is 0 Å². The maximum Gasteiger partial charge on any atom is 0.160 e.